The Morgan fingerprint density at radius 3 is 2.86 bits per heavy atom. The maximum absolute atomic E-state index is 11.3. The molecule has 0 aromatic carbocycles. The highest BCUT2D eigenvalue weighted by molar-refractivity contribution is 7.94. The fourth-order valence-electron chi connectivity index (χ4n) is 1.17. The van der Waals surface area contributed by atoms with E-state index in [0.29, 0.717) is 0 Å². The Hall–Kier alpha value is -1.57. The fourth-order valence-corrected chi connectivity index (χ4v) is 1.96. The zero-order valence-corrected chi connectivity index (χ0v) is 7.95. The summed E-state index contributed by atoms with van der Waals surface area (Å²) in [4.78, 5) is 15.1. The van der Waals surface area contributed by atoms with E-state index < -0.39 is 21.9 Å². The number of carbonyl (C=O) groups is 1. The smallest absolute Gasteiger partial charge is 0.259 e. The van der Waals surface area contributed by atoms with Crippen molar-refractivity contribution >= 4 is 22.1 Å². The number of amides is 1. The number of nitrogens with zero attached hydrogens (tertiary/aromatic N) is 3. The lowest BCUT2D eigenvalue weighted by atomic mass is 10.2. The minimum atomic E-state index is -3.52. The standard InChI is InChI=1S/C6H6N4O3S/c1-14(12,13)6-3-4(9-10-6)7-2-8-5(3)11/h2,4H,1H3,(H,7,8,11). The minimum absolute atomic E-state index is 0.00463. The molecule has 1 amide bonds. The molecule has 74 valence electrons. The Bertz CT molecular complexity index is 487. The van der Waals surface area contributed by atoms with Crippen molar-refractivity contribution in [3.8, 4) is 0 Å². The first-order valence-corrected chi connectivity index (χ1v) is 5.57. The van der Waals surface area contributed by atoms with Gasteiger partial charge in [-0.1, -0.05) is 0 Å². The van der Waals surface area contributed by atoms with Crippen molar-refractivity contribution in [2.75, 3.05) is 6.26 Å². The van der Waals surface area contributed by atoms with E-state index in [1.165, 1.54) is 6.34 Å². The van der Waals surface area contributed by atoms with Crippen molar-refractivity contribution in [1.82, 2.24) is 5.32 Å². The molecule has 0 saturated heterocycles. The number of hydrogen-bond donors (Lipinski definition) is 1. The maximum atomic E-state index is 11.3. The van der Waals surface area contributed by atoms with Crippen molar-refractivity contribution in [3.63, 3.8) is 0 Å². The first-order valence-electron chi connectivity index (χ1n) is 3.68. The Balaban J connectivity index is 2.62. The maximum Gasteiger partial charge on any atom is 0.259 e. The van der Waals surface area contributed by atoms with Gasteiger partial charge in [-0.15, -0.1) is 5.11 Å². The summed E-state index contributed by atoms with van der Waals surface area (Å²) >= 11 is 0. The molecule has 14 heavy (non-hydrogen) atoms. The molecule has 8 heteroatoms. The third-order valence-electron chi connectivity index (χ3n) is 1.75. The van der Waals surface area contributed by atoms with Crippen LogP contribution in [0, 0.1) is 0 Å². The molecule has 0 saturated carbocycles. The fraction of sp³-hybridized carbons (Fsp3) is 0.333. The van der Waals surface area contributed by atoms with E-state index in [1.54, 1.807) is 0 Å². The Morgan fingerprint density at radius 1 is 1.50 bits per heavy atom. The molecular formula is C6H6N4O3S. The largest absolute Gasteiger partial charge is 0.313 e. The van der Waals surface area contributed by atoms with E-state index in [0.717, 1.165) is 6.26 Å². The zero-order chi connectivity index (χ0) is 10.3. The van der Waals surface area contributed by atoms with Crippen LogP contribution in [0.3, 0.4) is 0 Å². The van der Waals surface area contributed by atoms with Crippen molar-refractivity contribution in [2.24, 2.45) is 15.2 Å². The van der Waals surface area contributed by atoms with Crippen molar-refractivity contribution in [2.45, 2.75) is 6.17 Å². The van der Waals surface area contributed by atoms with E-state index in [9.17, 15) is 13.2 Å². The molecule has 1 unspecified atom stereocenters. The number of azo groups is 1. The van der Waals surface area contributed by atoms with E-state index in [1.807, 2.05) is 0 Å². The van der Waals surface area contributed by atoms with Crippen LogP contribution in [0.5, 0.6) is 0 Å². The van der Waals surface area contributed by atoms with Crippen molar-refractivity contribution in [3.05, 3.63) is 10.6 Å². The summed E-state index contributed by atoms with van der Waals surface area (Å²) in [7, 11) is -3.52. The molecule has 1 N–H and O–H groups in total. The van der Waals surface area contributed by atoms with Gasteiger partial charge in [0, 0.05) is 6.26 Å². The minimum Gasteiger partial charge on any atom is -0.313 e. The lowest BCUT2D eigenvalue weighted by Gasteiger charge is -2.10. The van der Waals surface area contributed by atoms with Crippen LogP contribution in [0.4, 0.5) is 0 Å². The summed E-state index contributed by atoms with van der Waals surface area (Å²) in [5.74, 6) is -0.518. The summed E-state index contributed by atoms with van der Waals surface area (Å²) in [6.07, 6.45) is 1.36. The molecule has 0 radical (unpaired) electrons. The predicted molar refractivity (Wildman–Crippen MR) is 47.1 cm³/mol. The Labute approximate surface area is 79.5 Å². The van der Waals surface area contributed by atoms with Gasteiger partial charge in [0.2, 0.25) is 0 Å². The second-order valence-corrected chi connectivity index (χ2v) is 4.76. The third kappa shape index (κ3) is 1.23. The zero-order valence-electron chi connectivity index (χ0n) is 7.13. The number of aliphatic imine (C=N–C) groups is 1. The molecular weight excluding hydrogens is 208 g/mol. The van der Waals surface area contributed by atoms with Gasteiger partial charge in [-0.3, -0.25) is 4.79 Å². The average molecular weight is 214 g/mol. The molecule has 7 nitrogen and oxygen atoms in total. The summed E-state index contributed by atoms with van der Waals surface area (Å²) in [5.41, 5.74) is -0.00463. The van der Waals surface area contributed by atoms with Gasteiger partial charge in [-0.25, -0.2) is 13.4 Å². The number of nitrogens with one attached hydrogen (secondary N) is 1. The predicted octanol–water partition coefficient (Wildman–Crippen LogP) is -0.807. The van der Waals surface area contributed by atoms with Gasteiger partial charge in [-0.2, -0.15) is 5.11 Å². The summed E-state index contributed by atoms with van der Waals surface area (Å²) in [6.45, 7) is 0. The summed E-state index contributed by atoms with van der Waals surface area (Å²) in [6, 6.07) is 0. The molecule has 0 bridgehead atoms. The van der Waals surface area contributed by atoms with Crippen LogP contribution >= 0.6 is 0 Å². The van der Waals surface area contributed by atoms with Crippen molar-refractivity contribution < 1.29 is 13.2 Å². The van der Waals surface area contributed by atoms with Crippen LogP contribution in [0.15, 0.2) is 25.8 Å². The van der Waals surface area contributed by atoms with Crippen molar-refractivity contribution in [1.29, 1.82) is 0 Å². The second kappa shape index (κ2) is 2.71. The van der Waals surface area contributed by atoms with Gasteiger partial charge in [0.15, 0.2) is 21.0 Å². The molecule has 2 rings (SSSR count). The molecule has 2 aliphatic heterocycles. The van der Waals surface area contributed by atoms with E-state index in [2.05, 4.69) is 20.5 Å². The van der Waals surface area contributed by atoms with Crippen LogP contribution < -0.4 is 5.32 Å². The molecule has 2 heterocycles. The highest BCUT2D eigenvalue weighted by atomic mass is 32.2. The molecule has 0 aromatic rings. The van der Waals surface area contributed by atoms with Gasteiger partial charge in [-0.05, 0) is 0 Å². The molecule has 0 aromatic heterocycles. The Kier molecular flexibility index (Phi) is 1.74. The van der Waals surface area contributed by atoms with Gasteiger partial charge >= 0.3 is 0 Å². The van der Waals surface area contributed by atoms with Gasteiger partial charge in [0.05, 0.1) is 6.34 Å². The molecule has 1 atom stereocenters. The van der Waals surface area contributed by atoms with Crippen LogP contribution in [0.25, 0.3) is 0 Å². The first kappa shape index (κ1) is 9.00. The number of carbonyl (C=O) groups excluding carboxylic acids is 1. The molecule has 0 fully saturated rings. The molecule has 2 aliphatic rings. The van der Waals surface area contributed by atoms with Gasteiger partial charge < -0.3 is 5.32 Å². The second-order valence-electron chi connectivity index (χ2n) is 2.83. The van der Waals surface area contributed by atoms with E-state index in [4.69, 9.17) is 0 Å². The normalized spacial score (nSPS) is 25.2. The third-order valence-corrected chi connectivity index (χ3v) is 2.76. The summed E-state index contributed by atoms with van der Waals surface area (Å²) < 4.78 is 22.4. The SMILES string of the molecule is CS(=O)(=O)C1=C2C(=O)NC=NC2N=N1. The monoisotopic (exact) mass is 214 g/mol. The van der Waals surface area contributed by atoms with Gasteiger partial charge in [0.1, 0.15) is 5.57 Å². The average Bonchev–Trinajstić information content (AvgIpc) is 2.47. The lowest BCUT2D eigenvalue weighted by molar-refractivity contribution is -0.116. The van der Waals surface area contributed by atoms with E-state index >= 15 is 0 Å². The molecule has 0 spiro atoms. The Morgan fingerprint density at radius 2 is 2.21 bits per heavy atom. The highest BCUT2D eigenvalue weighted by Gasteiger charge is 2.35. The van der Waals surface area contributed by atoms with Gasteiger partial charge in [0.25, 0.3) is 5.91 Å². The number of sulfone groups is 1. The number of rotatable bonds is 1. The summed E-state index contributed by atoms with van der Waals surface area (Å²) in [5, 5.41) is 9.00. The number of hydrogen-bond acceptors (Lipinski definition) is 6. The number of fused-ring (bicyclic) bond motifs is 1. The topological polar surface area (TPSA) is 100 Å². The first-order chi connectivity index (χ1) is 6.50. The van der Waals surface area contributed by atoms with E-state index in [-0.39, 0.29) is 10.6 Å². The lowest BCUT2D eigenvalue weighted by Crippen LogP contribution is -2.33. The van der Waals surface area contributed by atoms with Crippen LogP contribution in [0.1, 0.15) is 0 Å². The highest BCUT2D eigenvalue weighted by Crippen LogP contribution is 2.27. The van der Waals surface area contributed by atoms with Crippen LogP contribution in [-0.2, 0) is 14.6 Å². The van der Waals surface area contributed by atoms with Crippen LogP contribution in [-0.4, -0.2) is 33.1 Å². The van der Waals surface area contributed by atoms with Crippen LogP contribution in [0.2, 0.25) is 0 Å². The molecule has 0 aliphatic carbocycles. The quantitative estimate of drug-likeness (QED) is 0.617.